The topological polar surface area (TPSA) is 91.4 Å². The van der Waals surface area contributed by atoms with Crippen molar-refractivity contribution in [2.45, 2.75) is 38.4 Å². The molecule has 0 radical (unpaired) electrons. The van der Waals surface area contributed by atoms with Gasteiger partial charge in [-0.2, -0.15) is 0 Å². The molecule has 0 unspecified atom stereocenters. The lowest BCUT2D eigenvalue weighted by atomic mass is 10.0. The van der Waals surface area contributed by atoms with E-state index in [0.717, 1.165) is 42.9 Å². The Bertz CT molecular complexity index is 1190. The summed E-state index contributed by atoms with van der Waals surface area (Å²) in [6.45, 7) is 2.82. The van der Waals surface area contributed by atoms with E-state index in [0.29, 0.717) is 30.9 Å². The predicted molar refractivity (Wildman–Crippen MR) is 123 cm³/mol. The van der Waals surface area contributed by atoms with E-state index in [1.54, 1.807) is 31.6 Å². The first-order valence-electron chi connectivity index (χ1n) is 11.3. The van der Waals surface area contributed by atoms with Crippen molar-refractivity contribution in [2.75, 3.05) is 20.2 Å². The number of aromatic amines is 1. The molecule has 4 heterocycles. The smallest absolute Gasteiger partial charge is 0.255 e. The molecule has 1 atom stereocenters. The van der Waals surface area contributed by atoms with Crippen LogP contribution in [0.3, 0.4) is 0 Å². The number of pyridine rings is 1. The summed E-state index contributed by atoms with van der Waals surface area (Å²) in [5, 5.41) is 0. The number of hydrogen-bond acceptors (Lipinski definition) is 6. The number of carbonyl (C=O) groups is 1. The third-order valence-corrected chi connectivity index (χ3v) is 6.49. The Morgan fingerprint density at radius 1 is 1.15 bits per heavy atom. The first-order chi connectivity index (χ1) is 16.1. The molecule has 170 valence electrons. The van der Waals surface area contributed by atoms with Gasteiger partial charge < -0.3 is 14.6 Å². The van der Waals surface area contributed by atoms with E-state index < -0.39 is 0 Å². The van der Waals surface area contributed by atoms with Gasteiger partial charge in [0.15, 0.2) is 0 Å². The molecule has 0 spiro atoms. The van der Waals surface area contributed by atoms with E-state index in [9.17, 15) is 9.59 Å². The number of fused-ring (bicyclic) bond motifs is 1. The summed E-state index contributed by atoms with van der Waals surface area (Å²) in [6, 6.07) is 11.2. The monoisotopic (exact) mass is 445 g/mol. The Morgan fingerprint density at radius 2 is 1.94 bits per heavy atom. The molecule has 0 aliphatic carbocycles. The van der Waals surface area contributed by atoms with Crippen LogP contribution in [-0.2, 0) is 19.5 Å². The molecule has 2 aromatic heterocycles. The van der Waals surface area contributed by atoms with Crippen molar-refractivity contribution in [2.24, 2.45) is 0 Å². The van der Waals surface area contributed by atoms with E-state index >= 15 is 0 Å². The summed E-state index contributed by atoms with van der Waals surface area (Å²) in [7, 11) is 1.66. The highest BCUT2D eigenvalue weighted by atomic mass is 16.5. The zero-order valence-corrected chi connectivity index (χ0v) is 18.7. The third kappa shape index (κ3) is 4.39. The Hall–Kier alpha value is -3.52. The Balaban J connectivity index is 1.33. The summed E-state index contributed by atoms with van der Waals surface area (Å²) >= 11 is 0. The van der Waals surface area contributed by atoms with Crippen molar-refractivity contribution in [1.82, 2.24) is 24.8 Å². The standard InChI is InChI=1S/C25H27N5O3/c1-33-19-6-4-17(5-7-19)15-29-14-10-21-20(16-29)24(31)28-23(27-21)22-3-2-13-30(22)25(32)18-8-11-26-12-9-18/h4-9,11-12,22H,2-3,10,13-16H2,1H3,(H,27,28,31)/t22-/m0/s1. The lowest BCUT2D eigenvalue weighted by Gasteiger charge is -2.29. The maximum atomic E-state index is 13.0. The molecule has 1 saturated heterocycles. The molecule has 1 aromatic carbocycles. The highest BCUT2D eigenvalue weighted by Crippen LogP contribution is 2.31. The quantitative estimate of drug-likeness (QED) is 0.649. The number of benzene rings is 1. The first-order valence-corrected chi connectivity index (χ1v) is 11.3. The van der Waals surface area contributed by atoms with Crippen LogP contribution in [0.2, 0.25) is 0 Å². The van der Waals surface area contributed by atoms with Crippen molar-refractivity contribution >= 4 is 5.91 Å². The van der Waals surface area contributed by atoms with Crippen molar-refractivity contribution in [3.05, 3.63) is 87.4 Å². The second-order valence-electron chi connectivity index (χ2n) is 8.58. The number of nitrogens with one attached hydrogen (secondary N) is 1. The van der Waals surface area contributed by atoms with Gasteiger partial charge in [-0.05, 0) is 42.7 Å². The molecule has 8 heteroatoms. The number of nitrogens with zero attached hydrogens (tertiary/aromatic N) is 4. The highest BCUT2D eigenvalue weighted by Gasteiger charge is 2.33. The van der Waals surface area contributed by atoms with Crippen LogP contribution in [-0.4, -0.2) is 50.9 Å². The largest absolute Gasteiger partial charge is 0.497 e. The molecule has 33 heavy (non-hydrogen) atoms. The van der Waals surface area contributed by atoms with Gasteiger partial charge in [-0.15, -0.1) is 0 Å². The SMILES string of the molecule is COc1ccc(CN2CCc3nc([C@@H]4CCCN4C(=O)c4ccncc4)[nH]c(=O)c3C2)cc1. The fourth-order valence-electron chi connectivity index (χ4n) is 4.74. The van der Waals surface area contributed by atoms with Crippen LogP contribution in [0.4, 0.5) is 0 Å². The molecule has 2 aliphatic heterocycles. The average molecular weight is 446 g/mol. The Kier molecular flexibility index (Phi) is 5.92. The number of methoxy groups -OCH3 is 1. The van der Waals surface area contributed by atoms with Crippen LogP contribution >= 0.6 is 0 Å². The minimum absolute atomic E-state index is 0.0501. The number of hydrogen-bond donors (Lipinski definition) is 1. The molecule has 1 fully saturated rings. The molecule has 8 nitrogen and oxygen atoms in total. The third-order valence-electron chi connectivity index (χ3n) is 6.49. The molecule has 3 aromatic rings. The van der Waals surface area contributed by atoms with Gasteiger partial charge in [0, 0.05) is 50.6 Å². The lowest BCUT2D eigenvalue weighted by molar-refractivity contribution is 0.0729. The molecule has 5 rings (SSSR count). The highest BCUT2D eigenvalue weighted by molar-refractivity contribution is 5.94. The Labute approximate surface area is 192 Å². The number of amides is 1. The minimum atomic E-state index is -0.207. The van der Waals surface area contributed by atoms with Crippen molar-refractivity contribution in [3.8, 4) is 5.75 Å². The number of aromatic nitrogens is 3. The second-order valence-corrected chi connectivity index (χ2v) is 8.58. The van der Waals surface area contributed by atoms with Gasteiger partial charge in [0.1, 0.15) is 11.6 Å². The van der Waals surface area contributed by atoms with Crippen LogP contribution in [0.1, 0.15) is 51.9 Å². The average Bonchev–Trinajstić information content (AvgIpc) is 3.35. The summed E-state index contributed by atoms with van der Waals surface area (Å²) in [6.07, 6.45) is 5.64. The predicted octanol–water partition coefficient (Wildman–Crippen LogP) is 2.71. The van der Waals surface area contributed by atoms with Crippen LogP contribution in [0.15, 0.2) is 53.6 Å². The van der Waals surface area contributed by atoms with Crippen molar-refractivity contribution < 1.29 is 9.53 Å². The van der Waals surface area contributed by atoms with Crippen LogP contribution in [0.25, 0.3) is 0 Å². The van der Waals surface area contributed by atoms with E-state index in [-0.39, 0.29) is 17.5 Å². The summed E-state index contributed by atoms with van der Waals surface area (Å²) in [4.78, 5) is 42.0. The Morgan fingerprint density at radius 3 is 2.70 bits per heavy atom. The molecular formula is C25H27N5O3. The zero-order valence-electron chi connectivity index (χ0n) is 18.7. The number of likely N-dealkylation sites (tertiary alicyclic amines) is 1. The fourth-order valence-corrected chi connectivity index (χ4v) is 4.74. The summed E-state index contributed by atoms with van der Waals surface area (Å²) in [5.41, 5.74) is 3.26. The number of rotatable bonds is 5. The number of ether oxygens (including phenoxy) is 1. The molecular weight excluding hydrogens is 418 g/mol. The fraction of sp³-hybridized carbons (Fsp3) is 0.360. The van der Waals surface area contributed by atoms with Crippen molar-refractivity contribution in [1.29, 1.82) is 0 Å². The lowest BCUT2D eigenvalue weighted by Crippen LogP contribution is -2.37. The maximum absolute atomic E-state index is 13.0. The number of carbonyl (C=O) groups excluding carboxylic acids is 1. The van der Waals surface area contributed by atoms with Crippen LogP contribution in [0.5, 0.6) is 5.75 Å². The molecule has 1 N–H and O–H groups in total. The van der Waals surface area contributed by atoms with Gasteiger partial charge in [-0.1, -0.05) is 12.1 Å². The molecule has 0 saturated carbocycles. The molecule has 2 aliphatic rings. The van der Waals surface area contributed by atoms with Crippen LogP contribution in [0, 0.1) is 0 Å². The van der Waals surface area contributed by atoms with E-state index in [4.69, 9.17) is 9.72 Å². The second kappa shape index (κ2) is 9.15. The minimum Gasteiger partial charge on any atom is -0.497 e. The van der Waals surface area contributed by atoms with Gasteiger partial charge in [0.05, 0.1) is 24.4 Å². The normalized spacial score (nSPS) is 18.2. The van der Waals surface area contributed by atoms with Gasteiger partial charge >= 0.3 is 0 Å². The van der Waals surface area contributed by atoms with E-state index in [1.165, 1.54) is 5.56 Å². The maximum Gasteiger partial charge on any atom is 0.255 e. The number of H-pyrrole nitrogens is 1. The zero-order chi connectivity index (χ0) is 22.8. The van der Waals surface area contributed by atoms with Gasteiger partial charge in [-0.3, -0.25) is 19.5 Å². The van der Waals surface area contributed by atoms with E-state index in [2.05, 4.69) is 27.0 Å². The van der Waals surface area contributed by atoms with Gasteiger partial charge in [0.25, 0.3) is 11.5 Å². The van der Waals surface area contributed by atoms with Crippen molar-refractivity contribution in [3.63, 3.8) is 0 Å². The van der Waals surface area contributed by atoms with E-state index in [1.807, 2.05) is 17.0 Å². The van der Waals surface area contributed by atoms with Gasteiger partial charge in [-0.25, -0.2) is 4.98 Å². The molecule has 1 amide bonds. The van der Waals surface area contributed by atoms with Gasteiger partial charge in [0.2, 0.25) is 0 Å². The summed E-state index contributed by atoms with van der Waals surface area (Å²) < 4.78 is 5.23. The van der Waals surface area contributed by atoms with Crippen LogP contribution < -0.4 is 10.3 Å². The summed E-state index contributed by atoms with van der Waals surface area (Å²) in [5.74, 6) is 1.38. The first kappa shape index (κ1) is 21.3. The molecule has 0 bridgehead atoms.